The van der Waals surface area contributed by atoms with Gasteiger partial charge < -0.3 is 10.2 Å². The second-order valence-corrected chi connectivity index (χ2v) is 5.86. The highest BCUT2D eigenvalue weighted by Gasteiger charge is 2.40. The van der Waals surface area contributed by atoms with Gasteiger partial charge in [0.15, 0.2) is 0 Å². The minimum atomic E-state index is 0.773. The van der Waals surface area contributed by atoms with Crippen LogP contribution in [0.3, 0.4) is 0 Å². The van der Waals surface area contributed by atoms with E-state index in [-0.39, 0.29) is 0 Å². The Morgan fingerprint density at radius 1 is 1.28 bits per heavy atom. The van der Waals surface area contributed by atoms with E-state index in [1.54, 1.807) is 0 Å². The van der Waals surface area contributed by atoms with E-state index in [9.17, 15) is 0 Å². The maximum Gasteiger partial charge on any atom is 0.226 e. The molecule has 0 unspecified atom stereocenters. The highest BCUT2D eigenvalue weighted by atomic mass is 15.2. The molecule has 2 saturated carbocycles. The summed E-state index contributed by atoms with van der Waals surface area (Å²) in [6, 6.07) is 1.96. The standard InChI is InChI=1S/C14H22N4/c1-18(2)14-15-8-7-13(17-14)16-9-12(10-3-4-10)11-5-6-11/h7-8,10-12H,3-6,9H2,1-2H3,(H,15,16,17). The van der Waals surface area contributed by atoms with E-state index >= 15 is 0 Å². The van der Waals surface area contributed by atoms with Gasteiger partial charge in [-0.05, 0) is 49.5 Å². The number of anilines is 2. The molecule has 0 atom stereocenters. The van der Waals surface area contributed by atoms with Crippen molar-refractivity contribution in [3.05, 3.63) is 12.3 Å². The van der Waals surface area contributed by atoms with Gasteiger partial charge in [-0.15, -0.1) is 0 Å². The fraction of sp³-hybridized carbons (Fsp3) is 0.714. The minimum Gasteiger partial charge on any atom is -0.370 e. The fourth-order valence-corrected chi connectivity index (χ4v) is 2.65. The van der Waals surface area contributed by atoms with E-state index in [1.807, 2.05) is 31.3 Å². The van der Waals surface area contributed by atoms with Gasteiger partial charge in [-0.3, -0.25) is 0 Å². The molecule has 98 valence electrons. The first kappa shape index (κ1) is 11.8. The summed E-state index contributed by atoms with van der Waals surface area (Å²) in [6.45, 7) is 1.08. The molecule has 2 aliphatic carbocycles. The molecule has 1 aromatic rings. The lowest BCUT2D eigenvalue weighted by Crippen LogP contribution is -2.20. The van der Waals surface area contributed by atoms with Crippen LogP contribution in [0.2, 0.25) is 0 Å². The van der Waals surface area contributed by atoms with Gasteiger partial charge in [-0.25, -0.2) is 4.98 Å². The highest BCUT2D eigenvalue weighted by Crippen LogP contribution is 2.49. The predicted octanol–water partition coefficient (Wildman–Crippen LogP) is 2.39. The van der Waals surface area contributed by atoms with Gasteiger partial charge in [-0.1, -0.05) is 0 Å². The van der Waals surface area contributed by atoms with Gasteiger partial charge in [0, 0.05) is 26.8 Å². The number of nitrogens with one attached hydrogen (secondary N) is 1. The summed E-state index contributed by atoms with van der Waals surface area (Å²) in [6.07, 6.45) is 7.59. The molecule has 4 nitrogen and oxygen atoms in total. The van der Waals surface area contributed by atoms with Crippen molar-refractivity contribution < 1.29 is 0 Å². The van der Waals surface area contributed by atoms with Crippen LogP contribution in [0.25, 0.3) is 0 Å². The molecule has 0 amide bonds. The van der Waals surface area contributed by atoms with Crippen LogP contribution in [0.4, 0.5) is 11.8 Å². The third kappa shape index (κ3) is 2.74. The molecule has 18 heavy (non-hydrogen) atoms. The van der Waals surface area contributed by atoms with Crippen LogP contribution in [0.15, 0.2) is 12.3 Å². The first-order valence-electron chi connectivity index (χ1n) is 6.98. The highest BCUT2D eigenvalue weighted by molar-refractivity contribution is 5.40. The van der Waals surface area contributed by atoms with Crippen molar-refractivity contribution in [2.45, 2.75) is 25.7 Å². The molecule has 0 spiro atoms. The van der Waals surface area contributed by atoms with Gasteiger partial charge >= 0.3 is 0 Å². The van der Waals surface area contributed by atoms with E-state index in [1.165, 1.54) is 25.7 Å². The zero-order chi connectivity index (χ0) is 12.5. The van der Waals surface area contributed by atoms with Crippen LogP contribution in [-0.2, 0) is 0 Å². The van der Waals surface area contributed by atoms with Crippen LogP contribution < -0.4 is 10.2 Å². The monoisotopic (exact) mass is 246 g/mol. The maximum atomic E-state index is 4.51. The van der Waals surface area contributed by atoms with E-state index in [0.717, 1.165) is 36.1 Å². The lowest BCUT2D eigenvalue weighted by Gasteiger charge is -2.17. The molecule has 0 aliphatic heterocycles. The van der Waals surface area contributed by atoms with Crippen molar-refractivity contribution in [1.29, 1.82) is 0 Å². The molecule has 3 rings (SSSR count). The number of hydrogen-bond acceptors (Lipinski definition) is 4. The van der Waals surface area contributed by atoms with Crippen molar-refractivity contribution in [3.63, 3.8) is 0 Å². The van der Waals surface area contributed by atoms with Crippen LogP contribution in [0.1, 0.15) is 25.7 Å². The summed E-state index contributed by atoms with van der Waals surface area (Å²) in [5.74, 6) is 4.58. The van der Waals surface area contributed by atoms with Crippen molar-refractivity contribution in [2.24, 2.45) is 17.8 Å². The molecule has 0 aromatic carbocycles. The molecular formula is C14H22N4. The van der Waals surface area contributed by atoms with E-state index < -0.39 is 0 Å². The quantitative estimate of drug-likeness (QED) is 0.836. The van der Waals surface area contributed by atoms with Crippen LogP contribution >= 0.6 is 0 Å². The predicted molar refractivity (Wildman–Crippen MR) is 73.8 cm³/mol. The third-order valence-corrected chi connectivity index (χ3v) is 4.02. The lowest BCUT2D eigenvalue weighted by atomic mass is 9.98. The Labute approximate surface area is 109 Å². The molecule has 4 heteroatoms. The van der Waals surface area contributed by atoms with Gasteiger partial charge in [0.05, 0.1) is 0 Å². The Morgan fingerprint density at radius 2 is 1.94 bits per heavy atom. The number of nitrogens with zero attached hydrogens (tertiary/aromatic N) is 3. The van der Waals surface area contributed by atoms with Gasteiger partial charge in [-0.2, -0.15) is 4.98 Å². The molecule has 2 fully saturated rings. The topological polar surface area (TPSA) is 41.1 Å². The van der Waals surface area contributed by atoms with Crippen LogP contribution in [-0.4, -0.2) is 30.6 Å². The number of hydrogen-bond donors (Lipinski definition) is 1. The van der Waals surface area contributed by atoms with Crippen molar-refractivity contribution in [3.8, 4) is 0 Å². The second-order valence-electron chi connectivity index (χ2n) is 5.86. The SMILES string of the molecule is CN(C)c1nccc(NCC(C2CC2)C2CC2)n1. The largest absolute Gasteiger partial charge is 0.370 e. The fourth-order valence-electron chi connectivity index (χ4n) is 2.65. The molecule has 1 N–H and O–H groups in total. The van der Waals surface area contributed by atoms with Gasteiger partial charge in [0.25, 0.3) is 0 Å². The first-order chi connectivity index (χ1) is 8.74. The number of aromatic nitrogens is 2. The number of rotatable bonds is 6. The molecule has 0 radical (unpaired) electrons. The summed E-state index contributed by atoms with van der Waals surface area (Å²) in [7, 11) is 3.94. The van der Waals surface area contributed by atoms with Gasteiger partial charge in [0.2, 0.25) is 5.95 Å². The molecule has 0 bridgehead atoms. The Bertz CT molecular complexity index is 398. The van der Waals surface area contributed by atoms with Crippen molar-refractivity contribution in [2.75, 3.05) is 30.9 Å². The minimum absolute atomic E-state index is 0.773. The zero-order valence-corrected chi connectivity index (χ0v) is 11.3. The smallest absolute Gasteiger partial charge is 0.226 e. The van der Waals surface area contributed by atoms with Crippen molar-refractivity contribution >= 4 is 11.8 Å². The Kier molecular flexibility index (Phi) is 3.10. The average Bonchev–Trinajstić information content (AvgIpc) is 3.23. The lowest BCUT2D eigenvalue weighted by molar-refractivity contribution is 0.427. The Balaban J connectivity index is 1.59. The van der Waals surface area contributed by atoms with E-state index in [2.05, 4.69) is 15.3 Å². The Hall–Kier alpha value is -1.32. The zero-order valence-electron chi connectivity index (χ0n) is 11.3. The molecular weight excluding hydrogens is 224 g/mol. The van der Waals surface area contributed by atoms with E-state index in [0.29, 0.717) is 0 Å². The Morgan fingerprint density at radius 3 is 2.50 bits per heavy atom. The maximum absolute atomic E-state index is 4.51. The van der Waals surface area contributed by atoms with Gasteiger partial charge in [0.1, 0.15) is 5.82 Å². The molecule has 1 aromatic heterocycles. The normalized spacial score (nSPS) is 19.1. The average molecular weight is 246 g/mol. The molecule has 0 saturated heterocycles. The van der Waals surface area contributed by atoms with Crippen LogP contribution in [0.5, 0.6) is 0 Å². The summed E-state index contributed by atoms with van der Waals surface area (Å²) in [5, 5.41) is 3.50. The third-order valence-electron chi connectivity index (χ3n) is 4.02. The second kappa shape index (κ2) is 4.75. The summed E-state index contributed by atoms with van der Waals surface area (Å²) >= 11 is 0. The van der Waals surface area contributed by atoms with Crippen molar-refractivity contribution in [1.82, 2.24) is 9.97 Å². The van der Waals surface area contributed by atoms with Crippen LogP contribution in [0, 0.1) is 17.8 Å². The molecule has 2 aliphatic rings. The molecule has 1 heterocycles. The summed E-state index contributed by atoms with van der Waals surface area (Å²) < 4.78 is 0. The first-order valence-corrected chi connectivity index (χ1v) is 6.98. The van der Waals surface area contributed by atoms with E-state index in [4.69, 9.17) is 0 Å². The summed E-state index contributed by atoms with van der Waals surface area (Å²) in [4.78, 5) is 10.7. The summed E-state index contributed by atoms with van der Waals surface area (Å²) in [5.41, 5.74) is 0.